The van der Waals surface area contributed by atoms with E-state index in [-0.39, 0.29) is 19.2 Å². The van der Waals surface area contributed by atoms with Crippen molar-refractivity contribution < 1.29 is 64.8 Å². The molecule has 304 valence electrons. The summed E-state index contributed by atoms with van der Waals surface area (Å²) in [5.74, 6) is -0.459. The molecule has 8 rings (SSSR count). The van der Waals surface area contributed by atoms with Gasteiger partial charge in [0.15, 0.2) is 35.0 Å². The van der Waals surface area contributed by atoms with Crippen molar-refractivity contribution >= 4 is 55.9 Å². The first-order chi connectivity index (χ1) is 26.3. The van der Waals surface area contributed by atoms with E-state index in [0.717, 1.165) is 0 Å². The summed E-state index contributed by atoms with van der Waals surface area (Å²) in [7, 11) is -5.14. The van der Waals surface area contributed by atoms with Crippen LogP contribution in [-0.4, -0.2) is 114 Å². The highest BCUT2D eigenvalue weighted by Crippen LogP contribution is 2.60. The molecule has 4 aromatic rings. The lowest BCUT2D eigenvalue weighted by Gasteiger charge is -2.37. The quantitative estimate of drug-likeness (QED) is 0.216. The first-order valence-corrected chi connectivity index (χ1v) is 20.1. The second kappa shape index (κ2) is 14.4. The Balaban J connectivity index is 0.000000172. The Morgan fingerprint density at radius 3 is 1.61 bits per heavy atom. The average molecular weight is 826 g/mol. The number of rotatable bonds is 6. The zero-order valence-electron chi connectivity index (χ0n) is 31.8. The van der Waals surface area contributed by atoms with Crippen molar-refractivity contribution in [2.24, 2.45) is 0 Å². The van der Waals surface area contributed by atoms with Gasteiger partial charge in [0.05, 0.1) is 37.3 Å². The predicted octanol–water partition coefficient (Wildman–Crippen LogP) is 2.94. The highest BCUT2D eigenvalue weighted by molar-refractivity contribution is 7.48. The summed E-state index contributed by atoms with van der Waals surface area (Å²) in [4.78, 5) is 49.6. The van der Waals surface area contributed by atoms with Crippen molar-refractivity contribution in [1.29, 1.82) is 0 Å². The largest absolute Gasteiger partial charge is 0.475 e. The minimum atomic E-state index is -3.80. The predicted molar refractivity (Wildman–Crippen MR) is 188 cm³/mol. The van der Waals surface area contributed by atoms with Crippen molar-refractivity contribution in [2.75, 3.05) is 33.2 Å². The maximum absolute atomic E-state index is 12.5. The Morgan fingerprint density at radius 1 is 0.750 bits per heavy atom. The fourth-order valence-corrected chi connectivity index (χ4v) is 9.77. The second-order valence-electron chi connectivity index (χ2n) is 13.7. The highest BCUT2D eigenvalue weighted by Gasteiger charge is 2.64. The van der Waals surface area contributed by atoms with E-state index in [9.17, 15) is 18.7 Å². The number of anilines is 1. The number of carbonyl (C=O) groups is 2. The van der Waals surface area contributed by atoms with E-state index in [1.807, 2.05) is 6.92 Å². The molecule has 23 nitrogen and oxygen atoms in total. The summed E-state index contributed by atoms with van der Waals surface area (Å²) < 4.78 is 83.0. The summed E-state index contributed by atoms with van der Waals surface area (Å²) in [6.07, 6.45) is -1.76. The maximum atomic E-state index is 12.5. The highest BCUT2D eigenvalue weighted by atomic mass is 31.2. The number of hydrogen-bond donors (Lipinski definition) is 1. The second-order valence-corrected chi connectivity index (χ2v) is 17.1. The van der Waals surface area contributed by atoms with E-state index in [2.05, 4.69) is 29.9 Å². The van der Waals surface area contributed by atoms with Crippen LogP contribution in [0.4, 0.5) is 5.95 Å². The summed E-state index contributed by atoms with van der Waals surface area (Å²) in [5.41, 5.74) is 6.47. The third kappa shape index (κ3) is 6.88. The molecule has 4 aromatic heterocycles. The van der Waals surface area contributed by atoms with Crippen LogP contribution >= 0.6 is 15.6 Å². The number of nitrogen functional groups attached to an aromatic ring is 1. The topological polar surface area (TPSA) is 274 Å². The van der Waals surface area contributed by atoms with E-state index in [0.29, 0.717) is 39.5 Å². The third-order valence-corrected chi connectivity index (χ3v) is 12.5. The Morgan fingerprint density at radius 2 is 1.18 bits per heavy atom. The lowest BCUT2D eigenvalue weighted by atomic mass is 9.96. The summed E-state index contributed by atoms with van der Waals surface area (Å²) >= 11 is 0. The third-order valence-electron chi connectivity index (χ3n) is 9.67. The Hall–Kier alpha value is -4.02. The molecule has 4 fully saturated rings. The minimum absolute atomic E-state index is 0.0389. The standard InChI is InChI=1S/C16H21N4O7P.C15H20N5O7P/c1-8-12-14(19-9(2)18-8)20(7-17-12)15-16(4,26-10(3)21)13-11(25-15)6-24-28(22,23-5)27-13;1-7-10-12(19-14(16)18-7)20(6-17-10)13-15(3,26-8(2)21)11-9(25-13)5-24-28(22,23-4)27-11/h7,11,13,15H,6H2,1-5H3;6,9,11,13H,5H2,1-4H3,(H2,16,18,19)/t11-,13-,15-,16-,28-;9-,11-,13-,15-,28+/m11/s1. The molecule has 4 aliphatic heterocycles. The fourth-order valence-electron chi connectivity index (χ4n) is 7.36. The van der Waals surface area contributed by atoms with Crippen LogP contribution in [0.25, 0.3) is 22.3 Å². The van der Waals surface area contributed by atoms with Gasteiger partial charge in [-0.05, 0) is 34.6 Å². The lowest BCUT2D eigenvalue weighted by molar-refractivity contribution is -0.175. The van der Waals surface area contributed by atoms with Crippen molar-refractivity contribution in [2.45, 2.75) is 96.5 Å². The van der Waals surface area contributed by atoms with Crippen LogP contribution in [-0.2, 0) is 64.8 Å². The molecule has 0 unspecified atom stereocenters. The van der Waals surface area contributed by atoms with Gasteiger partial charge in [0.25, 0.3) is 0 Å². The van der Waals surface area contributed by atoms with Gasteiger partial charge in [-0.1, -0.05) is 0 Å². The first-order valence-electron chi connectivity index (χ1n) is 17.2. The fraction of sp³-hybridized carbons (Fsp3) is 0.613. The van der Waals surface area contributed by atoms with Crippen molar-refractivity contribution in [3.05, 3.63) is 29.9 Å². The number of carbonyl (C=O) groups excluding carboxylic acids is 2. The molecule has 0 aliphatic carbocycles. The molecule has 56 heavy (non-hydrogen) atoms. The Bertz CT molecular complexity index is 2150. The van der Waals surface area contributed by atoms with Crippen molar-refractivity contribution in [3.8, 4) is 0 Å². The van der Waals surface area contributed by atoms with Crippen LogP contribution in [0.1, 0.15) is 57.4 Å². The molecule has 10 atom stereocenters. The summed E-state index contributed by atoms with van der Waals surface area (Å²) in [6.45, 7) is 11.1. The van der Waals surface area contributed by atoms with Crippen LogP contribution in [0.15, 0.2) is 12.7 Å². The number of nitrogens with zero attached hydrogens (tertiary/aromatic N) is 8. The Labute approximate surface area is 319 Å². The summed E-state index contributed by atoms with van der Waals surface area (Å²) in [6, 6.07) is 0. The van der Waals surface area contributed by atoms with Crippen molar-refractivity contribution in [1.82, 2.24) is 39.0 Å². The number of aromatic nitrogens is 8. The van der Waals surface area contributed by atoms with E-state index in [4.69, 9.17) is 51.8 Å². The van der Waals surface area contributed by atoms with E-state index < -0.39 is 75.7 Å². The van der Waals surface area contributed by atoms with Gasteiger partial charge in [-0.3, -0.25) is 45.9 Å². The first kappa shape index (κ1) is 40.2. The normalized spacial score (nSPS) is 35.1. The SMILES string of the molecule is CO[P@@]1(=O)OC[C@H]2O[C@@H](n3cnc4c(C)nc(N)nc43)[C@](C)(OC(C)=O)[C@@H]2O1.CO[P@]1(=O)OC[C@H]2O[C@@H](n3cnc4c(C)nc(C)nc43)[C@](C)(OC(C)=O)[C@@H]2O1. The van der Waals surface area contributed by atoms with Gasteiger partial charge in [-0.25, -0.2) is 34.0 Å². The smallest absolute Gasteiger partial charge is 0.452 e. The van der Waals surface area contributed by atoms with Crippen LogP contribution in [0.2, 0.25) is 0 Å². The molecule has 4 aliphatic rings. The van der Waals surface area contributed by atoms with Crippen molar-refractivity contribution in [3.63, 3.8) is 0 Å². The van der Waals surface area contributed by atoms with Gasteiger partial charge in [0, 0.05) is 28.1 Å². The number of hydrogen-bond acceptors (Lipinski definition) is 21. The molecule has 8 heterocycles. The molecule has 2 N–H and O–H groups in total. The molecule has 0 amide bonds. The average Bonchev–Trinajstić information content (AvgIpc) is 3.86. The zero-order chi connectivity index (χ0) is 40.5. The number of aryl methyl sites for hydroxylation is 3. The molecule has 0 aromatic carbocycles. The van der Waals surface area contributed by atoms with Crippen LogP contribution in [0, 0.1) is 20.8 Å². The molecule has 0 saturated carbocycles. The maximum Gasteiger partial charge on any atom is 0.475 e. The molecule has 0 spiro atoms. The van der Waals surface area contributed by atoms with Gasteiger partial charge in [0.1, 0.15) is 41.3 Å². The van der Waals surface area contributed by atoms with Gasteiger partial charge >= 0.3 is 27.6 Å². The zero-order valence-corrected chi connectivity index (χ0v) is 33.6. The summed E-state index contributed by atoms with van der Waals surface area (Å²) in [5, 5.41) is 0. The van der Waals surface area contributed by atoms with Gasteiger partial charge < -0.3 is 24.7 Å². The van der Waals surface area contributed by atoms with Crippen LogP contribution < -0.4 is 5.73 Å². The Kier molecular flexibility index (Phi) is 10.3. The van der Waals surface area contributed by atoms with Gasteiger partial charge in [-0.15, -0.1) is 0 Å². The lowest BCUT2D eigenvalue weighted by Crippen LogP contribution is -2.50. The van der Waals surface area contributed by atoms with Gasteiger partial charge in [-0.2, -0.15) is 4.98 Å². The monoisotopic (exact) mass is 825 g/mol. The molecule has 0 bridgehead atoms. The van der Waals surface area contributed by atoms with Crippen LogP contribution in [0.3, 0.4) is 0 Å². The number of phosphoric acid groups is 2. The number of ether oxygens (including phenoxy) is 4. The molecular weight excluding hydrogens is 784 g/mol. The van der Waals surface area contributed by atoms with Crippen LogP contribution in [0.5, 0.6) is 0 Å². The number of fused-ring (bicyclic) bond motifs is 4. The number of esters is 2. The number of imidazole rings is 2. The van der Waals surface area contributed by atoms with E-state index in [1.54, 1.807) is 43.2 Å². The number of nitrogens with two attached hydrogens (primary N) is 1. The molecule has 25 heteroatoms. The van der Waals surface area contributed by atoms with E-state index in [1.165, 1.54) is 34.4 Å². The molecule has 0 radical (unpaired) electrons. The minimum Gasteiger partial charge on any atom is -0.452 e. The molecular formula is C31H41N9O14P2. The number of phosphoric ester groups is 2. The van der Waals surface area contributed by atoms with E-state index >= 15 is 0 Å². The van der Waals surface area contributed by atoms with Gasteiger partial charge in [0.2, 0.25) is 5.95 Å². The molecule has 4 saturated heterocycles.